The maximum atomic E-state index is 2.27. The third-order valence-electron chi connectivity index (χ3n) is 5.89. The number of rotatable bonds is 2. The molecule has 1 aliphatic carbocycles. The largest absolute Gasteiger partial charge is 0.344 e. The molecular weight excluding hydrogens is 398 g/mol. The standard InChI is InChI=1S/C23H17N.C7H8.C2H6/c1-24(19-8-3-2-4-9-19)21-15-13-18-11-10-16-6-5-7-17-12-14-20(21)23(18)22(16)17;1-2-4-6-7-5-3-1;1-2/h2-15H,1H3;1-6H,7H2;1-2H3. The van der Waals surface area contributed by atoms with Crippen LogP contribution in [-0.2, 0) is 0 Å². The predicted octanol–water partition coefficient (Wildman–Crippen LogP) is 9.44. The van der Waals surface area contributed by atoms with Gasteiger partial charge in [-0.15, -0.1) is 0 Å². The van der Waals surface area contributed by atoms with Gasteiger partial charge in [0.2, 0.25) is 0 Å². The maximum absolute atomic E-state index is 2.27. The molecule has 5 aromatic rings. The van der Waals surface area contributed by atoms with Crippen molar-refractivity contribution in [3.8, 4) is 0 Å². The molecule has 0 spiro atoms. The first-order valence-corrected chi connectivity index (χ1v) is 11.8. The molecule has 6 rings (SSSR count). The lowest BCUT2D eigenvalue weighted by Crippen LogP contribution is -2.09. The smallest absolute Gasteiger partial charge is 0.0488 e. The third kappa shape index (κ3) is 4.68. The van der Waals surface area contributed by atoms with Gasteiger partial charge in [-0.2, -0.15) is 0 Å². The molecule has 0 unspecified atom stereocenters. The lowest BCUT2D eigenvalue weighted by atomic mass is 9.93. The van der Waals surface area contributed by atoms with Crippen LogP contribution in [0.25, 0.3) is 32.3 Å². The number of anilines is 2. The number of nitrogens with zero attached hydrogens (tertiary/aromatic N) is 1. The average molecular weight is 430 g/mol. The molecule has 0 bridgehead atoms. The van der Waals surface area contributed by atoms with Crippen LogP contribution in [0.2, 0.25) is 0 Å². The Kier molecular flexibility index (Phi) is 7.22. The van der Waals surface area contributed by atoms with Gasteiger partial charge in [-0.3, -0.25) is 0 Å². The summed E-state index contributed by atoms with van der Waals surface area (Å²) >= 11 is 0. The number of allylic oxidation sites excluding steroid dienone is 6. The van der Waals surface area contributed by atoms with Crippen molar-refractivity contribution in [2.45, 2.75) is 20.3 Å². The second-order valence-electron chi connectivity index (χ2n) is 7.81. The van der Waals surface area contributed by atoms with Crippen molar-refractivity contribution < 1.29 is 0 Å². The molecule has 0 saturated heterocycles. The first-order chi connectivity index (χ1) is 16.3. The van der Waals surface area contributed by atoms with Crippen LogP contribution in [0.5, 0.6) is 0 Å². The quantitative estimate of drug-likeness (QED) is 0.253. The topological polar surface area (TPSA) is 3.24 Å². The zero-order valence-corrected chi connectivity index (χ0v) is 19.7. The van der Waals surface area contributed by atoms with Crippen molar-refractivity contribution >= 4 is 43.7 Å². The van der Waals surface area contributed by atoms with Gasteiger partial charge >= 0.3 is 0 Å². The number of para-hydroxylation sites is 1. The Hall–Kier alpha value is -3.84. The van der Waals surface area contributed by atoms with E-state index >= 15 is 0 Å². The molecule has 0 amide bonds. The highest BCUT2D eigenvalue weighted by Gasteiger charge is 2.13. The fraction of sp³-hybridized carbons (Fsp3) is 0.125. The number of benzene rings is 5. The van der Waals surface area contributed by atoms with Crippen molar-refractivity contribution in [2.75, 3.05) is 11.9 Å². The van der Waals surface area contributed by atoms with Gasteiger partial charge in [0.15, 0.2) is 0 Å². The highest BCUT2D eigenvalue weighted by atomic mass is 15.1. The lowest BCUT2D eigenvalue weighted by molar-refractivity contribution is 1.22. The Bertz CT molecular complexity index is 1380. The van der Waals surface area contributed by atoms with Crippen molar-refractivity contribution in [3.63, 3.8) is 0 Å². The summed E-state index contributed by atoms with van der Waals surface area (Å²) in [6.45, 7) is 4.00. The van der Waals surface area contributed by atoms with Crippen LogP contribution in [0.1, 0.15) is 20.3 Å². The second-order valence-corrected chi connectivity index (χ2v) is 7.81. The van der Waals surface area contributed by atoms with Gasteiger partial charge in [0, 0.05) is 23.8 Å². The number of hydrogen-bond donors (Lipinski definition) is 0. The van der Waals surface area contributed by atoms with Gasteiger partial charge in [0.1, 0.15) is 0 Å². The molecule has 0 aromatic heterocycles. The molecule has 0 heterocycles. The van der Waals surface area contributed by atoms with Crippen LogP contribution in [0, 0.1) is 0 Å². The predicted molar refractivity (Wildman–Crippen MR) is 148 cm³/mol. The molecular formula is C32H31N. The summed E-state index contributed by atoms with van der Waals surface area (Å²) in [5.74, 6) is 0. The van der Waals surface area contributed by atoms with Gasteiger partial charge in [0.25, 0.3) is 0 Å². The van der Waals surface area contributed by atoms with Gasteiger partial charge in [-0.25, -0.2) is 0 Å². The van der Waals surface area contributed by atoms with Crippen LogP contribution in [0.3, 0.4) is 0 Å². The zero-order chi connectivity index (χ0) is 23.0. The average Bonchev–Trinajstić information content (AvgIpc) is 3.22. The highest BCUT2D eigenvalue weighted by molar-refractivity contribution is 6.25. The molecule has 164 valence electrons. The van der Waals surface area contributed by atoms with Crippen molar-refractivity contribution in [3.05, 3.63) is 121 Å². The van der Waals surface area contributed by atoms with Crippen molar-refractivity contribution in [1.29, 1.82) is 0 Å². The van der Waals surface area contributed by atoms with E-state index in [9.17, 15) is 0 Å². The number of hydrogen-bond acceptors (Lipinski definition) is 1. The molecule has 0 N–H and O–H groups in total. The van der Waals surface area contributed by atoms with Crippen LogP contribution >= 0.6 is 0 Å². The van der Waals surface area contributed by atoms with Gasteiger partial charge in [-0.1, -0.05) is 117 Å². The summed E-state index contributed by atoms with van der Waals surface area (Å²) in [4.78, 5) is 2.27. The Morgan fingerprint density at radius 2 is 1.12 bits per heavy atom. The summed E-state index contributed by atoms with van der Waals surface area (Å²) < 4.78 is 0. The molecule has 0 atom stereocenters. The zero-order valence-electron chi connectivity index (χ0n) is 19.7. The summed E-state index contributed by atoms with van der Waals surface area (Å²) in [5.41, 5.74) is 2.44. The van der Waals surface area contributed by atoms with E-state index < -0.39 is 0 Å². The van der Waals surface area contributed by atoms with Gasteiger partial charge < -0.3 is 4.90 Å². The van der Waals surface area contributed by atoms with E-state index in [0.29, 0.717) is 0 Å². The Morgan fingerprint density at radius 1 is 0.545 bits per heavy atom. The van der Waals surface area contributed by atoms with E-state index in [0.717, 1.165) is 6.42 Å². The van der Waals surface area contributed by atoms with Gasteiger partial charge in [0.05, 0.1) is 0 Å². The lowest BCUT2D eigenvalue weighted by Gasteiger charge is -2.23. The Balaban J connectivity index is 0.000000246. The fourth-order valence-corrected chi connectivity index (χ4v) is 4.32. The normalized spacial score (nSPS) is 12.2. The fourth-order valence-electron chi connectivity index (χ4n) is 4.32. The first kappa shape index (κ1) is 22.4. The second kappa shape index (κ2) is 10.7. The Morgan fingerprint density at radius 3 is 1.79 bits per heavy atom. The maximum Gasteiger partial charge on any atom is 0.0488 e. The van der Waals surface area contributed by atoms with E-state index in [1.807, 2.05) is 26.0 Å². The first-order valence-electron chi connectivity index (χ1n) is 11.8. The van der Waals surface area contributed by atoms with Crippen LogP contribution in [0.15, 0.2) is 121 Å². The minimum absolute atomic E-state index is 1.08. The van der Waals surface area contributed by atoms with Crippen molar-refractivity contribution in [1.82, 2.24) is 0 Å². The molecule has 0 aliphatic heterocycles. The SMILES string of the molecule is C1=CC=CCC=C1.CC.CN(c1ccccc1)c1ccc2ccc3cccc4ccc1c2c34. The van der Waals surface area contributed by atoms with Crippen LogP contribution < -0.4 is 4.90 Å². The van der Waals surface area contributed by atoms with E-state index in [1.54, 1.807) is 0 Å². The molecule has 5 aromatic carbocycles. The molecule has 0 saturated carbocycles. The summed E-state index contributed by atoms with van der Waals surface area (Å²) in [5, 5.41) is 7.97. The molecule has 1 heteroatoms. The van der Waals surface area contributed by atoms with Crippen molar-refractivity contribution in [2.24, 2.45) is 0 Å². The van der Waals surface area contributed by atoms with E-state index in [1.165, 1.54) is 43.7 Å². The highest BCUT2D eigenvalue weighted by Crippen LogP contribution is 2.40. The summed E-state index contributed by atoms with van der Waals surface area (Å²) in [7, 11) is 2.14. The summed E-state index contributed by atoms with van der Waals surface area (Å²) in [6.07, 6.45) is 13.5. The Labute approximate surface area is 197 Å². The third-order valence-corrected chi connectivity index (χ3v) is 5.89. The van der Waals surface area contributed by atoms with E-state index in [2.05, 4.69) is 121 Å². The summed E-state index contributed by atoms with van der Waals surface area (Å²) in [6, 6.07) is 30.5. The molecule has 1 aliphatic rings. The molecule has 0 fully saturated rings. The molecule has 0 radical (unpaired) electrons. The van der Waals surface area contributed by atoms with Crippen LogP contribution in [-0.4, -0.2) is 7.05 Å². The van der Waals surface area contributed by atoms with Gasteiger partial charge in [-0.05, 0) is 51.6 Å². The van der Waals surface area contributed by atoms with E-state index in [4.69, 9.17) is 0 Å². The minimum atomic E-state index is 1.08. The molecule has 1 nitrogen and oxygen atoms in total. The van der Waals surface area contributed by atoms with Crippen LogP contribution in [0.4, 0.5) is 11.4 Å². The van der Waals surface area contributed by atoms with E-state index in [-0.39, 0.29) is 0 Å². The monoisotopic (exact) mass is 429 g/mol. The minimum Gasteiger partial charge on any atom is -0.344 e. The molecule has 33 heavy (non-hydrogen) atoms.